The summed E-state index contributed by atoms with van der Waals surface area (Å²) in [5.41, 5.74) is 0.357. The second-order valence-corrected chi connectivity index (χ2v) is 5.09. The molecule has 7 nitrogen and oxygen atoms in total. The van der Waals surface area contributed by atoms with E-state index in [9.17, 15) is 9.59 Å². The van der Waals surface area contributed by atoms with Crippen LogP contribution in [0.15, 0.2) is 48.5 Å². The Balaban J connectivity index is 1.80. The predicted octanol–water partition coefficient (Wildman–Crippen LogP) is 2.48. The molecule has 0 aliphatic carbocycles. The Morgan fingerprint density at radius 3 is 2.04 bits per heavy atom. The van der Waals surface area contributed by atoms with E-state index in [1.54, 1.807) is 31.4 Å². The summed E-state index contributed by atoms with van der Waals surface area (Å²) in [4.78, 5) is 23.6. The van der Waals surface area contributed by atoms with Gasteiger partial charge in [0, 0.05) is 7.11 Å². The summed E-state index contributed by atoms with van der Waals surface area (Å²) in [6.07, 6.45) is 0. The molecular formula is C19H20O7. The van der Waals surface area contributed by atoms with Crippen LogP contribution >= 0.6 is 0 Å². The van der Waals surface area contributed by atoms with Crippen molar-refractivity contribution in [1.29, 1.82) is 0 Å². The Bertz CT molecular complexity index is 708. The summed E-state index contributed by atoms with van der Waals surface area (Å²) >= 11 is 0. The van der Waals surface area contributed by atoms with E-state index in [4.69, 9.17) is 23.7 Å². The molecule has 0 radical (unpaired) electrons. The maximum Gasteiger partial charge on any atom is 0.349 e. The molecule has 0 amide bonds. The van der Waals surface area contributed by atoms with Gasteiger partial charge in [-0.05, 0) is 48.5 Å². The summed E-state index contributed by atoms with van der Waals surface area (Å²) in [7, 11) is 3.09. The van der Waals surface area contributed by atoms with E-state index in [0.717, 1.165) is 0 Å². The van der Waals surface area contributed by atoms with Gasteiger partial charge in [0.15, 0.2) is 6.61 Å². The van der Waals surface area contributed by atoms with Crippen molar-refractivity contribution in [2.45, 2.75) is 0 Å². The molecule has 0 aliphatic heterocycles. The first kappa shape index (κ1) is 19.3. The second kappa shape index (κ2) is 10.0. The zero-order valence-corrected chi connectivity index (χ0v) is 14.6. The first-order chi connectivity index (χ1) is 12.6. The largest absolute Gasteiger partial charge is 0.497 e. The second-order valence-electron chi connectivity index (χ2n) is 5.09. The molecule has 26 heavy (non-hydrogen) atoms. The van der Waals surface area contributed by atoms with Gasteiger partial charge in [0.05, 0.1) is 19.3 Å². The normalized spacial score (nSPS) is 10.1. The molecule has 0 saturated carbocycles. The van der Waals surface area contributed by atoms with Crippen LogP contribution in [0.3, 0.4) is 0 Å². The van der Waals surface area contributed by atoms with E-state index in [1.807, 2.05) is 0 Å². The van der Waals surface area contributed by atoms with Crippen LogP contribution in [0.2, 0.25) is 0 Å². The predicted molar refractivity (Wildman–Crippen MR) is 92.7 cm³/mol. The molecule has 2 aromatic rings. The third kappa shape index (κ3) is 6.10. The molecule has 138 valence electrons. The Morgan fingerprint density at radius 1 is 0.808 bits per heavy atom. The van der Waals surface area contributed by atoms with E-state index >= 15 is 0 Å². The van der Waals surface area contributed by atoms with Crippen LogP contribution in [-0.4, -0.2) is 46.0 Å². The molecule has 2 rings (SSSR count). The summed E-state index contributed by atoms with van der Waals surface area (Å²) < 4.78 is 25.3. The summed E-state index contributed by atoms with van der Waals surface area (Å²) in [6.45, 7) is 0.261. The highest BCUT2D eigenvalue weighted by molar-refractivity contribution is 5.89. The topological polar surface area (TPSA) is 80.3 Å². The third-order valence-corrected chi connectivity index (χ3v) is 3.26. The van der Waals surface area contributed by atoms with Crippen LogP contribution in [0.25, 0.3) is 0 Å². The van der Waals surface area contributed by atoms with Crippen molar-refractivity contribution in [2.24, 2.45) is 0 Å². The van der Waals surface area contributed by atoms with Crippen LogP contribution in [0.1, 0.15) is 10.4 Å². The average molecular weight is 360 g/mol. The number of esters is 2. The van der Waals surface area contributed by atoms with Crippen LogP contribution in [0.4, 0.5) is 0 Å². The van der Waals surface area contributed by atoms with Crippen LogP contribution in [0, 0.1) is 0 Å². The summed E-state index contributed by atoms with van der Waals surface area (Å²) in [5, 5.41) is 0. The molecule has 0 aromatic heterocycles. The first-order valence-electron chi connectivity index (χ1n) is 7.86. The Kier molecular flexibility index (Phi) is 7.45. The number of rotatable bonds is 9. The van der Waals surface area contributed by atoms with E-state index in [-0.39, 0.29) is 13.2 Å². The van der Waals surface area contributed by atoms with Gasteiger partial charge in [0.2, 0.25) is 0 Å². The van der Waals surface area contributed by atoms with Gasteiger partial charge in [-0.1, -0.05) is 0 Å². The molecule has 0 unspecified atom stereocenters. The van der Waals surface area contributed by atoms with Gasteiger partial charge in [-0.25, -0.2) is 9.59 Å². The monoisotopic (exact) mass is 360 g/mol. The van der Waals surface area contributed by atoms with Crippen LogP contribution in [-0.2, 0) is 14.3 Å². The number of hydrogen-bond donors (Lipinski definition) is 0. The number of hydrogen-bond acceptors (Lipinski definition) is 7. The zero-order chi connectivity index (χ0) is 18.8. The molecule has 0 spiro atoms. The molecule has 0 aliphatic rings. The molecule has 2 aromatic carbocycles. The lowest BCUT2D eigenvalue weighted by atomic mass is 10.2. The van der Waals surface area contributed by atoms with Gasteiger partial charge >= 0.3 is 11.9 Å². The van der Waals surface area contributed by atoms with Gasteiger partial charge in [-0.15, -0.1) is 0 Å². The molecule has 0 N–H and O–H groups in total. The molecule has 7 heteroatoms. The standard InChI is InChI=1S/C19H20O7/c1-22-11-12-24-19(21)14-3-5-17(6-4-14)26-18(20)13-25-16-9-7-15(23-2)8-10-16/h3-10H,11-13H2,1-2H3. The lowest BCUT2D eigenvalue weighted by molar-refractivity contribution is -0.136. The summed E-state index contributed by atoms with van der Waals surface area (Å²) in [6, 6.07) is 12.9. The Morgan fingerprint density at radius 2 is 1.42 bits per heavy atom. The third-order valence-electron chi connectivity index (χ3n) is 3.26. The minimum atomic E-state index is -0.559. The first-order valence-corrected chi connectivity index (χ1v) is 7.86. The quantitative estimate of drug-likeness (QED) is 0.386. The van der Waals surface area contributed by atoms with Gasteiger partial charge < -0.3 is 23.7 Å². The van der Waals surface area contributed by atoms with Gasteiger partial charge in [0.1, 0.15) is 23.9 Å². The van der Waals surface area contributed by atoms with Crippen molar-refractivity contribution in [3.63, 3.8) is 0 Å². The molecule has 0 atom stereocenters. The van der Waals surface area contributed by atoms with E-state index in [1.165, 1.54) is 31.4 Å². The Labute approximate surface area is 151 Å². The fourth-order valence-corrected chi connectivity index (χ4v) is 1.94. The fourth-order valence-electron chi connectivity index (χ4n) is 1.94. The number of carbonyl (C=O) groups excluding carboxylic acids is 2. The van der Waals surface area contributed by atoms with E-state index in [0.29, 0.717) is 29.4 Å². The maximum atomic E-state index is 11.8. The fraction of sp³-hybridized carbons (Fsp3) is 0.263. The number of benzene rings is 2. The number of methoxy groups -OCH3 is 2. The highest BCUT2D eigenvalue weighted by atomic mass is 16.6. The highest BCUT2D eigenvalue weighted by Gasteiger charge is 2.10. The van der Waals surface area contributed by atoms with E-state index < -0.39 is 11.9 Å². The van der Waals surface area contributed by atoms with Crippen molar-refractivity contribution in [1.82, 2.24) is 0 Å². The number of ether oxygens (including phenoxy) is 5. The van der Waals surface area contributed by atoms with Gasteiger partial charge in [0.25, 0.3) is 0 Å². The van der Waals surface area contributed by atoms with Crippen molar-refractivity contribution < 1.29 is 33.3 Å². The van der Waals surface area contributed by atoms with Gasteiger partial charge in [-0.3, -0.25) is 0 Å². The van der Waals surface area contributed by atoms with Crippen molar-refractivity contribution in [2.75, 3.05) is 34.0 Å². The molecule has 0 saturated heterocycles. The smallest absolute Gasteiger partial charge is 0.349 e. The summed E-state index contributed by atoms with van der Waals surface area (Å²) in [5.74, 6) is 0.499. The van der Waals surface area contributed by atoms with Crippen molar-refractivity contribution >= 4 is 11.9 Å². The lowest BCUT2D eigenvalue weighted by Gasteiger charge is -2.08. The number of carbonyl (C=O) groups is 2. The highest BCUT2D eigenvalue weighted by Crippen LogP contribution is 2.17. The molecule has 0 bridgehead atoms. The van der Waals surface area contributed by atoms with Gasteiger partial charge in [-0.2, -0.15) is 0 Å². The van der Waals surface area contributed by atoms with Crippen molar-refractivity contribution in [3.8, 4) is 17.2 Å². The minimum Gasteiger partial charge on any atom is -0.497 e. The average Bonchev–Trinajstić information content (AvgIpc) is 2.67. The molecular weight excluding hydrogens is 340 g/mol. The van der Waals surface area contributed by atoms with Crippen LogP contribution < -0.4 is 14.2 Å². The lowest BCUT2D eigenvalue weighted by Crippen LogP contribution is -2.17. The zero-order valence-electron chi connectivity index (χ0n) is 14.6. The van der Waals surface area contributed by atoms with E-state index in [2.05, 4.69) is 0 Å². The van der Waals surface area contributed by atoms with Crippen molar-refractivity contribution in [3.05, 3.63) is 54.1 Å². The SMILES string of the molecule is COCCOC(=O)c1ccc(OC(=O)COc2ccc(OC)cc2)cc1. The molecule has 0 heterocycles. The molecule has 0 fully saturated rings. The Hall–Kier alpha value is -3.06. The minimum absolute atomic E-state index is 0.175. The van der Waals surface area contributed by atoms with Crippen LogP contribution in [0.5, 0.6) is 17.2 Å². The maximum absolute atomic E-state index is 11.8.